The fourth-order valence-corrected chi connectivity index (χ4v) is 7.98. The van der Waals surface area contributed by atoms with Crippen molar-refractivity contribution in [2.45, 2.75) is 250 Å². The number of carboxylic acid groups (broad SMARTS) is 1. The largest absolute Gasteiger partial charge is 0.479 e. The van der Waals surface area contributed by atoms with E-state index < -0.39 is 67.3 Å². The first-order valence-corrected chi connectivity index (χ1v) is 28.9. The number of carboxylic acids is 1. The molecule has 0 amide bonds. The van der Waals surface area contributed by atoms with Crippen molar-refractivity contribution in [2.24, 2.45) is 0 Å². The van der Waals surface area contributed by atoms with E-state index in [2.05, 4.69) is 106 Å². The van der Waals surface area contributed by atoms with Crippen LogP contribution in [-0.2, 0) is 42.9 Å². The molecule has 0 aromatic carbocycles. The van der Waals surface area contributed by atoms with Crippen molar-refractivity contribution < 1.29 is 58.2 Å². The fraction of sp³-hybridized carbons (Fsp3) is 0.651. The summed E-state index contributed by atoms with van der Waals surface area (Å²) in [5.74, 6) is -3.32. The van der Waals surface area contributed by atoms with Crippen molar-refractivity contribution in [3.8, 4) is 0 Å². The van der Waals surface area contributed by atoms with Gasteiger partial charge in [0.05, 0.1) is 13.0 Å². The van der Waals surface area contributed by atoms with Crippen molar-refractivity contribution in [3.05, 3.63) is 109 Å². The number of aliphatic hydroxyl groups excluding tert-OH is 2. The van der Waals surface area contributed by atoms with Gasteiger partial charge < -0.3 is 39.0 Å². The van der Waals surface area contributed by atoms with Gasteiger partial charge in [0.1, 0.15) is 18.8 Å². The summed E-state index contributed by atoms with van der Waals surface area (Å²) in [4.78, 5) is 51.0. The molecule has 12 nitrogen and oxygen atoms in total. The number of allylic oxidation sites excluding steroid dienone is 17. The number of esters is 3. The Morgan fingerprint density at radius 2 is 0.880 bits per heavy atom. The van der Waals surface area contributed by atoms with E-state index in [1.165, 1.54) is 32.1 Å². The van der Waals surface area contributed by atoms with Crippen LogP contribution in [0.5, 0.6) is 0 Å². The Hall–Kier alpha value is -4.62. The monoisotopic (exact) mass is 1050 g/mol. The Morgan fingerprint density at radius 3 is 1.36 bits per heavy atom. The average molecular weight is 1050 g/mol. The van der Waals surface area contributed by atoms with Gasteiger partial charge in [0.25, 0.3) is 0 Å². The molecule has 424 valence electrons. The van der Waals surface area contributed by atoms with Gasteiger partial charge in [0.15, 0.2) is 24.6 Å². The van der Waals surface area contributed by atoms with Gasteiger partial charge in [-0.05, 0) is 103 Å². The first-order valence-electron chi connectivity index (χ1n) is 28.9. The smallest absolute Gasteiger partial charge is 0.335 e. The van der Waals surface area contributed by atoms with E-state index in [1.807, 2.05) is 12.2 Å². The van der Waals surface area contributed by atoms with Gasteiger partial charge in [0, 0.05) is 12.8 Å². The first kappa shape index (κ1) is 68.4. The van der Waals surface area contributed by atoms with Crippen molar-refractivity contribution in [1.82, 2.24) is 0 Å². The second-order valence-electron chi connectivity index (χ2n) is 19.2. The van der Waals surface area contributed by atoms with E-state index in [0.29, 0.717) is 19.3 Å². The van der Waals surface area contributed by atoms with Crippen LogP contribution in [0.4, 0.5) is 0 Å². The van der Waals surface area contributed by atoms with Crippen LogP contribution in [0.25, 0.3) is 0 Å². The van der Waals surface area contributed by atoms with E-state index in [1.54, 1.807) is 12.2 Å². The number of carbonyl (C=O) groups is 4. The highest BCUT2D eigenvalue weighted by atomic mass is 16.7. The van der Waals surface area contributed by atoms with Gasteiger partial charge in [0.2, 0.25) is 0 Å². The number of carbonyl (C=O) groups excluding carboxylic acids is 3. The molecular weight excluding hydrogens is 949 g/mol. The first-order chi connectivity index (χ1) is 36.6. The van der Waals surface area contributed by atoms with Gasteiger partial charge in [-0.25, -0.2) is 4.79 Å². The molecule has 0 spiro atoms. The molecule has 1 saturated heterocycles. The van der Waals surface area contributed by atoms with Gasteiger partial charge in [-0.2, -0.15) is 0 Å². The molecule has 0 aliphatic carbocycles. The fourth-order valence-electron chi connectivity index (χ4n) is 7.98. The number of hydrogen-bond donors (Lipinski definition) is 3. The van der Waals surface area contributed by atoms with E-state index in [9.17, 15) is 34.5 Å². The highest BCUT2D eigenvalue weighted by Gasteiger charge is 2.50. The molecule has 1 aliphatic rings. The van der Waals surface area contributed by atoms with Crippen LogP contribution in [0.3, 0.4) is 0 Å². The molecule has 0 aromatic heterocycles. The Labute approximate surface area is 453 Å². The summed E-state index contributed by atoms with van der Waals surface area (Å²) >= 11 is 0. The molecule has 1 aliphatic heterocycles. The lowest BCUT2D eigenvalue weighted by atomic mass is 9.98. The van der Waals surface area contributed by atoms with E-state index >= 15 is 0 Å². The standard InChI is InChI=1S/C63H100O12/c1-4-7-10-13-16-19-22-25-27-28-30-32-34-37-40-43-46-49-55(64)71-52-54(73-56(65)50-47-44-41-38-35-31-24-21-18-15-12-9-6-3)53-72-63-61(59(68)58(67)60(75-63)62(69)70)74-57(66)51-48-45-42-39-36-33-29-26-23-20-17-14-11-8-5-2/h7-8,10-11,16-17,19-21,24-27,29,36,39,45,48,54,58-61,63,67-68H,4-6,9,12-15,18,22-23,28,30-35,37-38,40-44,46-47,49-53H2,1-3H3,(H,69,70)/b10-7-,11-8-,19-16-,20-17-,24-21-,27-25-,29-26-,39-36-,48-45-. The summed E-state index contributed by atoms with van der Waals surface area (Å²) in [6.07, 6.45) is 55.1. The lowest BCUT2D eigenvalue weighted by molar-refractivity contribution is -0.301. The minimum atomic E-state index is -1.94. The summed E-state index contributed by atoms with van der Waals surface area (Å²) in [6, 6.07) is 0. The summed E-state index contributed by atoms with van der Waals surface area (Å²) in [5, 5.41) is 31.4. The van der Waals surface area contributed by atoms with Gasteiger partial charge in [-0.3, -0.25) is 14.4 Å². The molecule has 0 radical (unpaired) electrons. The predicted octanol–water partition coefficient (Wildman–Crippen LogP) is 14.7. The Balaban J connectivity index is 2.76. The van der Waals surface area contributed by atoms with Crippen molar-refractivity contribution in [2.75, 3.05) is 13.2 Å². The average Bonchev–Trinajstić information content (AvgIpc) is 3.39. The van der Waals surface area contributed by atoms with Gasteiger partial charge in [-0.15, -0.1) is 0 Å². The van der Waals surface area contributed by atoms with Crippen LogP contribution in [0.2, 0.25) is 0 Å². The van der Waals surface area contributed by atoms with Crippen molar-refractivity contribution in [3.63, 3.8) is 0 Å². The molecule has 6 atom stereocenters. The maximum atomic E-state index is 13.1. The maximum absolute atomic E-state index is 13.1. The van der Waals surface area contributed by atoms with Crippen LogP contribution in [0.15, 0.2) is 109 Å². The van der Waals surface area contributed by atoms with Gasteiger partial charge >= 0.3 is 23.9 Å². The molecule has 1 heterocycles. The van der Waals surface area contributed by atoms with E-state index in [-0.39, 0.29) is 25.9 Å². The molecule has 1 rings (SSSR count). The molecule has 6 unspecified atom stereocenters. The molecule has 0 bridgehead atoms. The number of ether oxygens (including phenoxy) is 5. The van der Waals surface area contributed by atoms with Crippen LogP contribution in [0, 0.1) is 0 Å². The third kappa shape index (κ3) is 40.3. The zero-order valence-electron chi connectivity index (χ0n) is 46.5. The third-order valence-corrected chi connectivity index (χ3v) is 12.3. The lowest BCUT2D eigenvalue weighted by Gasteiger charge is -2.40. The highest BCUT2D eigenvalue weighted by molar-refractivity contribution is 5.74. The van der Waals surface area contributed by atoms with Crippen molar-refractivity contribution in [1.29, 1.82) is 0 Å². The summed E-state index contributed by atoms with van der Waals surface area (Å²) < 4.78 is 28.2. The molecule has 0 saturated carbocycles. The second kappa shape index (κ2) is 50.2. The predicted molar refractivity (Wildman–Crippen MR) is 303 cm³/mol. The number of aliphatic hydroxyl groups is 2. The second-order valence-corrected chi connectivity index (χ2v) is 19.2. The Bertz CT molecular complexity index is 1720. The summed E-state index contributed by atoms with van der Waals surface area (Å²) in [5.41, 5.74) is 0. The van der Waals surface area contributed by atoms with Crippen LogP contribution < -0.4 is 0 Å². The number of hydrogen-bond acceptors (Lipinski definition) is 11. The molecule has 12 heteroatoms. The quantitative estimate of drug-likeness (QED) is 0.0228. The lowest BCUT2D eigenvalue weighted by Crippen LogP contribution is -2.61. The maximum Gasteiger partial charge on any atom is 0.335 e. The highest BCUT2D eigenvalue weighted by Crippen LogP contribution is 2.26. The van der Waals surface area contributed by atoms with Crippen molar-refractivity contribution >= 4 is 23.9 Å². The topological polar surface area (TPSA) is 175 Å². The van der Waals surface area contributed by atoms with E-state index in [0.717, 1.165) is 122 Å². The zero-order valence-corrected chi connectivity index (χ0v) is 46.5. The van der Waals surface area contributed by atoms with Crippen LogP contribution in [0.1, 0.15) is 213 Å². The summed E-state index contributed by atoms with van der Waals surface area (Å²) in [7, 11) is 0. The minimum Gasteiger partial charge on any atom is -0.479 e. The molecule has 1 fully saturated rings. The minimum absolute atomic E-state index is 0.135. The number of aliphatic carboxylic acids is 1. The molecule has 75 heavy (non-hydrogen) atoms. The molecular formula is C63H100O12. The third-order valence-electron chi connectivity index (χ3n) is 12.3. The Kier molecular flexibility index (Phi) is 45.8. The normalized spacial score (nSPS) is 19.0. The zero-order chi connectivity index (χ0) is 54.7. The van der Waals surface area contributed by atoms with Crippen LogP contribution >= 0.6 is 0 Å². The van der Waals surface area contributed by atoms with Gasteiger partial charge in [-0.1, -0.05) is 201 Å². The molecule has 3 N–H and O–H groups in total. The Morgan fingerprint density at radius 1 is 0.467 bits per heavy atom. The van der Waals surface area contributed by atoms with Crippen LogP contribution in [-0.4, -0.2) is 89.2 Å². The number of rotatable bonds is 47. The SMILES string of the molecule is CC/C=C\C/C=C\C/C=C\C/C=C\C/C=C\CC(=O)OC1C(OCC(COC(=O)CCCCCCCCC/C=C\C/C=C\C/C=C\CC)OC(=O)CCCCCCC/C=C\CCCCCC)OC(C(=O)O)C(O)C1O. The molecule has 0 aromatic rings. The summed E-state index contributed by atoms with van der Waals surface area (Å²) in [6.45, 7) is 5.68. The van der Waals surface area contributed by atoms with E-state index in [4.69, 9.17) is 23.7 Å². The number of unbranched alkanes of at least 4 members (excludes halogenated alkanes) is 16.